The van der Waals surface area contributed by atoms with E-state index in [1.165, 1.54) is 18.4 Å². The lowest BCUT2D eigenvalue weighted by Crippen LogP contribution is -2.42. The molecule has 0 spiro atoms. The molecule has 30 heavy (non-hydrogen) atoms. The van der Waals surface area contributed by atoms with E-state index < -0.39 is 0 Å². The highest BCUT2D eigenvalue weighted by atomic mass is 127. The van der Waals surface area contributed by atoms with Gasteiger partial charge in [-0.1, -0.05) is 18.2 Å². The molecule has 0 amide bonds. The molecule has 0 bridgehead atoms. The van der Waals surface area contributed by atoms with Gasteiger partial charge in [0.15, 0.2) is 5.96 Å². The van der Waals surface area contributed by atoms with Crippen LogP contribution < -0.4 is 20.1 Å². The molecule has 1 aliphatic heterocycles. The summed E-state index contributed by atoms with van der Waals surface area (Å²) in [5.74, 6) is 2.25. The summed E-state index contributed by atoms with van der Waals surface area (Å²) in [5, 5.41) is 6.81. The minimum atomic E-state index is 0. The third-order valence-corrected chi connectivity index (χ3v) is 5.20. The monoisotopic (exact) mass is 525 g/mol. The van der Waals surface area contributed by atoms with Gasteiger partial charge in [0.05, 0.1) is 32.5 Å². The third-order valence-electron chi connectivity index (χ3n) is 5.20. The van der Waals surface area contributed by atoms with Gasteiger partial charge in [-0.3, -0.25) is 9.89 Å². The van der Waals surface area contributed by atoms with Crippen molar-refractivity contribution < 1.29 is 9.47 Å². The van der Waals surface area contributed by atoms with E-state index in [4.69, 9.17) is 9.47 Å². The number of ether oxygens (including phenoxy) is 2. The Balaban J connectivity index is 0.00000320. The van der Waals surface area contributed by atoms with Gasteiger partial charge in [-0.25, -0.2) is 4.98 Å². The molecule has 0 saturated carbocycles. The Morgan fingerprint density at radius 3 is 2.43 bits per heavy atom. The first-order valence-corrected chi connectivity index (χ1v) is 10.1. The van der Waals surface area contributed by atoms with Gasteiger partial charge in [0.25, 0.3) is 0 Å². The van der Waals surface area contributed by atoms with Crippen molar-refractivity contribution >= 4 is 29.9 Å². The predicted octanol–water partition coefficient (Wildman–Crippen LogP) is 3.22. The molecule has 0 radical (unpaired) electrons. The van der Waals surface area contributed by atoms with E-state index in [9.17, 15) is 0 Å². The van der Waals surface area contributed by atoms with E-state index in [2.05, 4.69) is 37.6 Å². The lowest BCUT2D eigenvalue weighted by Gasteiger charge is -2.29. The number of nitrogens with one attached hydrogen (secondary N) is 2. The van der Waals surface area contributed by atoms with Crippen LogP contribution in [0.1, 0.15) is 30.1 Å². The second kappa shape index (κ2) is 12.6. The Morgan fingerprint density at radius 2 is 1.80 bits per heavy atom. The van der Waals surface area contributed by atoms with E-state index >= 15 is 0 Å². The first kappa shape index (κ1) is 24.2. The van der Waals surface area contributed by atoms with Crippen LogP contribution in [0.2, 0.25) is 0 Å². The van der Waals surface area contributed by atoms with Crippen LogP contribution in [0.3, 0.4) is 0 Å². The van der Waals surface area contributed by atoms with Crippen LogP contribution in [0.5, 0.6) is 11.6 Å². The molecule has 1 aliphatic rings. The van der Waals surface area contributed by atoms with Crippen molar-refractivity contribution in [1.82, 2.24) is 20.5 Å². The van der Waals surface area contributed by atoms with Crippen molar-refractivity contribution in [3.05, 3.63) is 53.7 Å². The Morgan fingerprint density at radius 1 is 1.07 bits per heavy atom. The van der Waals surface area contributed by atoms with Crippen LogP contribution >= 0.6 is 24.0 Å². The largest absolute Gasteiger partial charge is 0.497 e. The molecule has 1 saturated heterocycles. The zero-order chi connectivity index (χ0) is 20.5. The first-order chi connectivity index (χ1) is 14.2. The number of aromatic nitrogens is 1. The topological polar surface area (TPSA) is 71.0 Å². The summed E-state index contributed by atoms with van der Waals surface area (Å²) in [7, 11) is 5.10. The van der Waals surface area contributed by atoms with E-state index in [1.807, 2.05) is 30.3 Å². The maximum atomic E-state index is 5.31. The quantitative estimate of drug-likeness (QED) is 0.314. The Labute approximate surface area is 196 Å². The van der Waals surface area contributed by atoms with Crippen molar-refractivity contribution in [2.24, 2.45) is 4.99 Å². The molecule has 2 aromatic rings. The zero-order valence-electron chi connectivity index (χ0n) is 17.9. The standard InChI is InChI=1S/C22H31N5O2.HI/c1-23-22(24-15-18-7-6-8-21(26-18)29-3)25-16-20(27-13-4-5-14-27)17-9-11-19(28-2)12-10-17;/h6-12,20H,4-5,13-16H2,1-3H3,(H2,23,24,25);1H. The molecular weight excluding hydrogens is 493 g/mol. The number of hydrogen-bond donors (Lipinski definition) is 2. The lowest BCUT2D eigenvalue weighted by molar-refractivity contribution is 0.245. The van der Waals surface area contributed by atoms with Crippen molar-refractivity contribution in [1.29, 1.82) is 0 Å². The molecule has 7 nitrogen and oxygen atoms in total. The average molecular weight is 525 g/mol. The molecule has 164 valence electrons. The number of benzene rings is 1. The molecule has 3 rings (SSSR count). The summed E-state index contributed by atoms with van der Waals surface area (Å²) >= 11 is 0. The van der Waals surface area contributed by atoms with Crippen LogP contribution in [0.4, 0.5) is 0 Å². The van der Waals surface area contributed by atoms with Crippen molar-refractivity contribution in [2.45, 2.75) is 25.4 Å². The summed E-state index contributed by atoms with van der Waals surface area (Å²) in [6, 6.07) is 14.4. The molecule has 0 aliphatic carbocycles. The molecule has 1 aromatic carbocycles. The van der Waals surface area contributed by atoms with Crippen molar-refractivity contribution in [2.75, 3.05) is 40.9 Å². The van der Waals surface area contributed by atoms with Crippen molar-refractivity contribution in [3.63, 3.8) is 0 Å². The normalized spacial score (nSPS) is 15.2. The highest BCUT2D eigenvalue weighted by Crippen LogP contribution is 2.26. The molecule has 1 unspecified atom stereocenters. The summed E-state index contributed by atoms with van der Waals surface area (Å²) in [6.45, 7) is 3.60. The van der Waals surface area contributed by atoms with Crippen LogP contribution in [0, 0.1) is 0 Å². The molecule has 2 heterocycles. The van der Waals surface area contributed by atoms with Gasteiger partial charge < -0.3 is 20.1 Å². The van der Waals surface area contributed by atoms with E-state index in [-0.39, 0.29) is 30.0 Å². The maximum Gasteiger partial charge on any atom is 0.213 e. The number of halogens is 1. The lowest BCUT2D eigenvalue weighted by atomic mass is 10.1. The number of likely N-dealkylation sites (tertiary alicyclic amines) is 1. The Bertz CT molecular complexity index is 794. The molecule has 1 fully saturated rings. The first-order valence-electron chi connectivity index (χ1n) is 10.1. The van der Waals surface area contributed by atoms with Gasteiger partial charge >= 0.3 is 0 Å². The number of pyridine rings is 1. The van der Waals surface area contributed by atoms with Gasteiger partial charge in [-0.05, 0) is 49.7 Å². The summed E-state index contributed by atoms with van der Waals surface area (Å²) in [6.07, 6.45) is 2.50. The molecule has 2 N–H and O–H groups in total. The second-order valence-electron chi connectivity index (χ2n) is 7.01. The van der Waals surface area contributed by atoms with E-state index in [1.54, 1.807) is 21.3 Å². The molecule has 1 atom stereocenters. The SMILES string of the molecule is CN=C(NCc1cccc(OC)n1)NCC(c1ccc(OC)cc1)N1CCCC1.I. The smallest absolute Gasteiger partial charge is 0.213 e. The molecule has 1 aromatic heterocycles. The van der Waals surface area contributed by atoms with Crippen LogP contribution in [0.15, 0.2) is 47.5 Å². The average Bonchev–Trinajstić information content (AvgIpc) is 3.31. The number of methoxy groups -OCH3 is 2. The Kier molecular flexibility index (Phi) is 10.2. The Hall–Kier alpha value is -2.07. The van der Waals surface area contributed by atoms with Crippen LogP contribution in [-0.2, 0) is 6.54 Å². The number of hydrogen-bond acceptors (Lipinski definition) is 5. The maximum absolute atomic E-state index is 5.31. The highest BCUT2D eigenvalue weighted by Gasteiger charge is 2.23. The minimum absolute atomic E-state index is 0. The van der Waals surface area contributed by atoms with Crippen LogP contribution in [-0.4, -0.2) is 56.7 Å². The summed E-state index contributed by atoms with van der Waals surface area (Å²) < 4.78 is 10.5. The third kappa shape index (κ3) is 6.73. The fourth-order valence-electron chi connectivity index (χ4n) is 3.60. The minimum Gasteiger partial charge on any atom is -0.497 e. The van der Waals surface area contributed by atoms with Gasteiger partial charge in [0.2, 0.25) is 5.88 Å². The predicted molar refractivity (Wildman–Crippen MR) is 131 cm³/mol. The zero-order valence-corrected chi connectivity index (χ0v) is 20.3. The summed E-state index contributed by atoms with van der Waals surface area (Å²) in [5.41, 5.74) is 2.18. The fraction of sp³-hybridized carbons (Fsp3) is 0.455. The fourth-order valence-corrected chi connectivity index (χ4v) is 3.60. The van der Waals surface area contributed by atoms with Gasteiger partial charge in [-0.2, -0.15) is 0 Å². The van der Waals surface area contributed by atoms with E-state index in [0.29, 0.717) is 12.4 Å². The van der Waals surface area contributed by atoms with Crippen molar-refractivity contribution in [3.8, 4) is 11.6 Å². The highest BCUT2D eigenvalue weighted by molar-refractivity contribution is 14.0. The van der Waals surface area contributed by atoms with E-state index in [0.717, 1.165) is 37.0 Å². The van der Waals surface area contributed by atoms with Gasteiger partial charge in [0, 0.05) is 19.7 Å². The molecular formula is C22H32IN5O2. The van der Waals surface area contributed by atoms with Gasteiger partial charge in [-0.15, -0.1) is 24.0 Å². The number of aliphatic imine (C=N–C) groups is 1. The van der Waals surface area contributed by atoms with Gasteiger partial charge in [0.1, 0.15) is 5.75 Å². The number of rotatable bonds is 8. The second-order valence-corrected chi connectivity index (χ2v) is 7.01. The molecule has 8 heteroatoms. The number of guanidine groups is 1. The van der Waals surface area contributed by atoms with Crippen LogP contribution in [0.25, 0.3) is 0 Å². The number of nitrogens with zero attached hydrogens (tertiary/aromatic N) is 3. The summed E-state index contributed by atoms with van der Waals surface area (Å²) in [4.78, 5) is 11.3.